The molecule has 1 heterocycles. The van der Waals surface area contributed by atoms with Crippen molar-refractivity contribution in [3.05, 3.63) is 47.9 Å². The first-order chi connectivity index (χ1) is 7.36. The van der Waals surface area contributed by atoms with E-state index in [0.717, 1.165) is 26.1 Å². The lowest BCUT2D eigenvalue weighted by Crippen LogP contribution is -2.21. The number of hydrogen-bond acceptors (Lipinski definition) is 2. The average Bonchev–Trinajstić information content (AvgIpc) is 2.46. The zero-order valence-electron chi connectivity index (χ0n) is 9.15. The number of rotatable bonds is 2. The van der Waals surface area contributed by atoms with E-state index in [0.29, 0.717) is 0 Å². The van der Waals surface area contributed by atoms with Crippen LogP contribution in [0.1, 0.15) is 18.9 Å². The number of ether oxygens (including phenoxy) is 1. The summed E-state index contributed by atoms with van der Waals surface area (Å²) in [6.07, 6.45) is 2.97. The summed E-state index contributed by atoms with van der Waals surface area (Å²) < 4.78 is 5.37. The van der Waals surface area contributed by atoms with Crippen molar-refractivity contribution in [2.75, 3.05) is 13.2 Å². The Morgan fingerprint density at radius 2 is 2.07 bits per heavy atom. The molecule has 1 aromatic carbocycles. The van der Waals surface area contributed by atoms with Crippen molar-refractivity contribution in [1.82, 2.24) is 4.90 Å². The van der Waals surface area contributed by atoms with Gasteiger partial charge in [-0.25, -0.2) is 0 Å². The third kappa shape index (κ3) is 2.75. The van der Waals surface area contributed by atoms with Gasteiger partial charge >= 0.3 is 0 Å². The minimum atomic E-state index is 0.836. The van der Waals surface area contributed by atoms with Crippen molar-refractivity contribution >= 4 is 0 Å². The fraction of sp³-hybridized carbons (Fsp3) is 0.385. The van der Waals surface area contributed by atoms with Crippen molar-refractivity contribution in [2.24, 2.45) is 0 Å². The van der Waals surface area contributed by atoms with Gasteiger partial charge in [-0.05, 0) is 18.9 Å². The van der Waals surface area contributed by atoms with Crippen LogP contribution in [0, 0.1) is 0 Å². The molecule has 0 bridgehead atoms. The van der Waals surface area contributed by atoms with E-state index in [-0.39, 0.29) is 0 Å². The molecule has 0 amide bonds. The molecule has 0 atom stereocenters. The summed E-state index contributed by atoms with van der Waals surface area (Å²) in [6.45, 7) is 5.00. The Bertz CT molecular complexity index is 332. The van der Waals surface area contributed by atoms with Crippen LogP contribution in [0.15, 0.2) is 42.3 Å². The summed E-state index contributed by atoms with van der Waals surface area (Å²) in [4.78, 5) is 2.36. The third-order valence-electron chi connectivity index (χ3n) is 2.66. The van der Waals surface area contributed by atoms with Gasteiger partial charge in [-0.15, -0.1) is 0 Å². The highest BCUT2D eigenvalue weighted by atomic mass is 16.5. The fourth-order valence-corrected chi connectivity index (χ4v) is 1.78. The zero-order valence-corrected chi connectivity index (χ0v) is 9.15. The second-order valence-electron chi connectivity index (χ2n) is 3.89. The van der Waals surface area contributed by atoms with Gasteiger partial charge in [0.1, 0.15) is 6.26 Å². The van der Waals surface area contributed by atoms with E-state index >= 15 is 0 Å². The summed E-state index contributed by atoms with van der Waals surface area (Å²) in [5.41, 5.74) is 2.57. The third-order valence-corrected chi connectivity index (χ3v) is 2.66. The molecule has 0 saturated heterocycles. The van der Waals surface area contributed by atoms with Gasteiger partial charge in [-0.2, -0.15) is 0 Å². The Balaban J connectivity index is 2.04. The molecule has 80 valence electrons. The van der Waals surface area contributed by atoms with Crippen molar-refractivity contribution in [3.63, 3.8) is 0 Å². The summed E-state index contributed by atoms with van der Waals surface area (Å²) >= 11 is 0. The maximum atomic E-state index is 5.37. The minimum Gasteiger partial charge on any atom is -0.499 e. The molecule has 0 aromatic heterocycles. The van der Waals surface area contributed by atoms with E-state index in [1.165, 1.54) is 11.3 Å². The molecular weight excluding hydrogens is 186 g/mol. The molecule has 0 spiro atoms. The Hall–Kier alpha value is -1.44. The molecule has 0 fully saturated rings. The highest BCUT2D eigenvalue weighted by Crippen LogP contribution is 2.13. The molecule has 1 aliphatic heterocycles. The van der Waals surface area contributed by atoms with Crippen molar-refractivity contribution in [1.29, 1.82) is 0 Å². The molecular formula is C13H17NO. The number of allylic oxidation sites excluding steroid dienone is 1. The molecule has 2 heteroatoms. The van der Waals surface area contributed by atoms with E-state index < -0.39 is 0 Å². The van der Waals surface area contributed by atoms with Crippen LogP contribution in [0.2, 0.25) is 0 Å². The Labute approximate surface area is 91.2 Å². The first-order valence-electron chi connectivity index (χ1n) is 5.43. The highest BCUT2D eigenvalue weighted by Gasteiger charge is 2.09. The van der Waals surface area contributed by atoms with Crippen LogP contribution in [-0.4, -0.2) is 18.1 Å². The van der Waals surface area contributed by atoms with E-state index in [4.69, 9.17) is 4.74 Å². The van der Waals surface area contributed by atoms with Gasteiger partial charge in [0.2, 0.25) is 0 Å². The predicted octanol–water partition coefficient (Wildman–Crippen LogP) is 2.77. The molecule has 1 aliphatic rings. The molecule has 0 aliphatic carbocycles. The van der Waals surface area contributed by atoms with Crippen LogP contribution in [-0.2, 0) is 11.3 Å². The maximum Gasteiger partial charge on any atom is 0.102 e. The lowest BCUT2D eigenvalue weighted by atomic mass is 10.2. The standard InChI is InChI=1S/C13H17NO/c1-12-11-15-9-5-8-14(12)10-13-6-3-2-4-7-13/h2-4,6-7,11H,5,8-10H2,1H3. The lowest BCUT2D eigenvalue weighted by molar-refractivity contribution is 0.249. The first-order valence-corrected chi connectivity index (χ1v) is 5.43. The molecule has 0 radical (unpaired) electrons. The monoisotopic (exact) mass is 203 g/mol. The second-order valence-corrected chi connectivity index (χ2v) is 3.89. The van der Waals surface area contributed by atoms with Gasteiger partial charge in [0.25, 0.3) is 0 Å². The molecule has 2 nitrogen and oxygen atoms in total. The van der Waals surface area contributed by atoms with Crippen LogP contribution in [0.25, 0.3) is 0 Å². The van der Waals surface area contributed by atoms with Gasteiger partial charge in [-0.1, -0.05) is 30.3 Å². The fourth-order valence-electron chi connectivity index (χ4n) is 1.78. The van der Waals surface area contributed by atoms with E-state index in [1.54, 1.807) is 0 Å². The Morgan fingerprint density at radius 3 is 2.87 bits per heavy atom. The molecule has 0 N–H and O–H groups in total. The summed E-state index contributed by atoms with van der Waals surface area (Å²) in [7, 11) is 0. The normalized spacial score (nSPS) is 16.6. The van der Waals surface area contributed by atoms with Crippen LogP contribution in [0.3, 0.4) is 0 Å². The summed E-state index contributed by atoms with van der Waals surface area (Å²) in [5.74, 6) is 0. The number of nitrogens with zero attached hydrogens (tertiary/aromatic N) is 1. The zero-order chi connectivity index (χ0) is 10.5. The molecule has 0 unspecified atom stereocenters. The van der Waals surface area contributed by atoms with Gasteiger partial charge in [0, 0.05) is 18.8 Å². The van der Waals surface area contributed by atoms with Gasteiger partial charge in [0.15, 0.2) is 0 Å². The smallest absolute Gasteiger partial charge is 0.102 e. The number of hydrogen-bond donors (Lipinski definition) is 0. The van der Waals surface area contributed by atoms with Crippen molar-refractivity contribution in [3.8, 4) is 0 Å². The van der Waals surface area contributed by atoms with Crippen molar-refractivity contribution < 1.29 is 4.74 Å². The van der Waals surface area contributed by atoms with E-state index in [1.807, 2.05) is 6.26 Å². The molecule has 1 aromatic rings. The topological polar surface area (TPSA) is 12.5 Å². The van der Waals surface area contributed by atoms with E-state index in [2.05, 4.69) is 42.2 Å². The molecule has 15 heavy (non-hydrogen) atoms. The average molecular weight is 203 g/mol. The van der Waals surface area contributed by atoms with Crippen LogP contribution < -0.4 is 0 Å². The molecule has 0 saturated carbocycles. The highest BCUT2D eigenvalue weighted by molar-refractivity contribution is 5.15. The van der Waals surface area contributed by atoms with Gasteiger partial charge in [0.05, 0.1) is 6.61 Å². The van der Waals surface area contributed by atoms with E-state index in [9.17, 15) is 0 Å². The summed E-state index contributed by atoms with van der Waals surface area (Å²) in [5, 5.41) is 0. The maximum absolute atomic E-state index is 5.37. The Morgan fingerprint density at radius 1 is 1.27 bits per heavy atom. The van der Waals surface area contributed by atoms with Gasteiger partial charge in [-0.3, -0.25) is 0 Å². The SMILES string of the molecule is CC1=COCCCN1Cc1ccccc1. The predicted molar refractivity (Wildman–Crippen MR) is 61.2 cm³/mol. The second kappa shape index (κ2) is 4.87. The largest absolute Gasteiger partial charge is 0.499 e. The van der Waals surface area contributed by atoms with Crippen LogP contribution >= 0.6 is 0 Å². The molecule has 2 rings (SSSR count). The number of benzene rings is 1. The lowest BCUT2D eigenvalue weighted by Gasteiger charge is -2.22. The quantitative estimate of drug-likeness (QED) is 0.732. The first kappa shape index (κ1) is 10.1. The van der Waals surface area contributed by atoms with Crippen LogP contribution in [0.4, 0.5) is 0 Å². The minimum absolute atomic E-state index is 0.836. The van der Waals surface area contributed by atoms with Crippen molar-refractivity contribution in [2.45, 2.75) is 19.9 Å². The Kier molecular flexibility index (Phi) is 3.28. The van der Waals surface area contributed by atoms with Crippen LogP contribution in [0.5, 0.6) is 0 Å². The summed E-state index contributed by atoms with van der Waals surface area (Å²) in [6, 6.07) is 10.6. The van der Waals surface area contributed by atoms with Gasteiger partial charge < -0.3 is 9.64 Å².